The van der Waals surface area contributed by atoms with E-state index in [0.29, 0.717) is 29.7 Å². The fourth-order valence-corrected chi connectivity index (χ4v) is 3.00. The fourth-order valence-electron chi connectivity index (χ4n) is 3.00. The summed E-state index contributed by atoms with van der Waals surface area (Å²) >= 11 is 0. The van der Waals surface area contributed by atoms with Gasteiger partial charge in [0.05, 0.1) is 16.2 Å². The summed E-state index contributed by atoms with van der Waals surface area (Å²) in [5, 5.41) is 12.0. The molecular weight excluding hydrogens is 330 g/mol. The van der Waals surface area contributed by atoms with Crippen LogP contribution < -0.4 is 0 Å². The van der Waals surface area contributed by atoms with Crippen molar-refractivity contribution in [3.05, 3.63) is 70.3 Å². The predicted octanol–water partition coefficient (Wildman–Crippen LogP) is 4.29. The van der Waals surface area contributed by atoms with E-state index in [9.17, 15) is 14.9 Å². The Balaban J connectivity index is 2.33. The molecule has 0 aliphatic rings. The van der Waals surface area contributed by atoms with Crippen molar-refractivity contribution >= 4 is 22.5 Å². The van der Waals surface area contributed by atoms with E-state index >= 15 is 0 Å². The van der Waals surface area contributed by atoms with Crippen LogP contribution >= 0.6 is 0 Å². The number of nitro benzene ring substituents is 1. The lowest BCUT2D eigenvalue weighted by atomic mass is 10.0. The van der Waals surface area contributed by atoms with E-state index in [0.717, 1.165) is 5.56 Å². The van der Waals surface area contributed by atoms with Crippen LogP contribution in [0.3, 0.4) is 0 Å². The van der Waals surface area contributed by atoms with Crippen molar-refractivity contribution in [2.45, 2.75) is 13.8 Å². The second kappa shape index (κ2) is 7.31. The number of fused-ring (bicyclic) bond motifs is 1. The van der Waals surface area contributed by atoms with Crippen LogP contribution in [-0.2, 0) is 0 Å². The van der Waals surface area contributed by atoms with Gasteiger partial charge in [0.15, 0.2) is 0 Å². The van der Waals surface area contributed by atoms with E-state index in [1.165, 1.54) is 6.07 Å². The molecule has 0 bridgehead atoms. The van der Waals surface area contributed by atoms with Gasteiger partial charge in [0.1, 0.15) is 5.52 Å². The number of nitro groups is 1. The summed E-state index contributed by atoms with van der Waals surface area (Å²) in [5.41, 5.74) is 1.91. The summed E-state index contributed by atoms with van der Waals surface area (Å²) in [7, 11) is 0. The van der Waals surface area contributed by atoms with Gasteiger partial charge in [-0.2, -0.15) is 0 Å². The number of amides is 1. The summed E-state index contributed by atoms with van der Waals surface area (Å²) in [4.78, 5) is 30.2. The maximum absolute atomic E-state index is 13.0. The van der Waals surface area contributed by atoms with E-state index in [2.05, 4.69) is 4.98 Å². The van der Waals surface area contributed by atoms with Crippen LogP contribution in [-0.4, -0.2) is 33.8 Å². The molecular formula is C20H19N3O3. The van der Waals surface area contributed by atoms with E-state index in [1.807, 2.05) is 44.2 Å². The Bertz CT molecular complexity index is 967. The number of aromatic nitrogens is 1. The van der Waals surface area contributed by atoms with Gasteiger partial charge in [-0.1, -0.05) is 42.5 Å². The lowest BCUT2D eigenvalue weighted by Crippen LogP contribution is -2.30. The zero-order valence-corrected chi connectivity index (χ0v) is 14.7. The summed E-state index contributed by atoms with van der Waals surface area (Å²) in [6.07, 6.45) is 0. The molecule has 0 unspecified atom stereocenters. The molecule has 0 aliphatic carbocycles. The highest BCUT2D eigenvalue weighted by atomic mass is 16.6. The van der Waals surface area contributed by atoms with Crippen molar-refractivity contribution in [1.29, 1.82) is 0 Å². The average molecular weight is 349 g/mol. The Morgan fingerprint density at radius 1 is 1.08 bits per heavy atom. The highest BCUT2D eigenvalue weighted by molar-refractivity contribution is 6.09. The molecule has 1 heterocycles. The first-order valence-electron chi connectivity index (χ1n) is 8.49. The lowest BCUT2D eigenvalue weighted by molar-refractivity contribution is -0.383. The van der Waals surface area contributed by atoms with Crippen molar-refractivity contribution in [3.63, 3.8) is 0 Å². The number of benzene rings is 2. The topological polar surface area (TPSA) is 76.3 Å². The van der Waals surface area contributed by atoms with Crippen LogP contribution in [0.15, 0.2) is 54.6 Å². The van der Waals surface area contributed by atoms with Crippen molar-refractivity contribution in [2.75, 3.05) is 13.1 Å². The standard InChI is InChI=1S/C20H19N3O3/c1-3-22(4-2)20(24)16-13-17(14-9-6-5-7-10-14)21-19-15(16)11-8-12-18(19)23(25)26/h5-13H,3-4H2,1-2H3. The number of carbonyl (C=O) groups is 1. The number of hydrogen-bond acceptors (Lipinski definition) is 4. The minimum Gasteiger partial charge on any atom is -0.339 e. The van der Waals surface area contributed by atoms with Gasteiger partial charge in [0.25, 0.3) is 11.6 Å². The fraction of sp³-hybridized carbons (Fsp3) is 0.200. The maximum atomic E-state index is 13.0. The molecule has 0 N–H and O–H groups in total. The van der Waals surface area contributed by atoms with Crippen LogP contribution in [0.2, 0.25) is 0 Å². The van der Waals surface area contributed by atoms with Gasteiger partial charge >= 0.3 is 0 Å². The molecule has 3 rings (SSSR count). The largest absolute Gasteiger partial charge is 0.339 e. The quantitative estimate of drug-likeness (QED) is 0.508. The minimum absolute atomic E-state index is 0.103. The minimum atomic E-state index is -0.463. The molecule has 0 spiro atoms. The third-order valence-electron chi connectivity index (χ3n) is 4.37. The van der Waals surface area contributed by atoms with Crippen molar-refractivity contribution in [2.24, 2.45) is 0 Å². The van der Waals surface area contributed by atoms with E-state index in [1.54, 1.807) is 23.1 Å². The molecule has 6 nitrogen and oxygen atoms in total. The van der Waals surface area contributed by atoms with Gasteiger partial charge in [0.2, 0.25) is 0 Å². The van der Waals surface area contributed by atoms with Gasteiger partial charge in [-0.3, -0.25) is 14.9 Å². The zero-order valence-electron chi connectivity index (χ0n) is 14.7. The van der Waals surface area contributed by atoms with Crippen LogP contribution in [0, 0.1) is 10.1 Å². The molecule has 3 aromatic rings. The smallest absolute Gasteiger partial charge is 0.295 e. The molecule has 0 radical (unpaired) electrons. The van der Waals surface area contributed by atoms with Gasteiger partial charge in [-0.25, -0.2) is 4.98 Å². The third-order valence-corrected chi connectivity index (χ3v) is 4.37. The Morgan fingerprint density at radius 3 is 2.38 bits per heavy atom. The molecule has 0 saturated heterocycles. The third kappa shape index (κ3) is 3.13. The van der Waals surface area contributed by atoms with E-state index in [-0.39, 0.29) is 17.1 Å². The van der Waals surface area contributed by atoms with Crippen molar-refractivity contribution in [1.82, 2.24) is 9.88 Å². The Labute approximate surface area is 151 Å². The Morgan fingerprint density at radius 2 is 1.77 bits per heavy atom. The molecule has 2 aromatic carbocycles. The molecule has 6 heteroatoms. The maximum Gasteiger partial charge on any atom is 0.295 e. The highest BCUT2D eigenvalue weighted by Crippen LogP contribution is 2.31. The van der Waals surface area contributed by atoms with E-state index < -0.39 is 4.92 Å². The summed E-state index contributed by atoms with van der Waals surface area (Å²) in [6, 6.07) is 15.8. The first-order valence-corrected chi connectivity index (χ1v) is 8.49. The predicted molar refractivity (Wildman–Crippen MR) is 101 cm³/mol. The molecule has 26 heavy (non-hydrogen) atoms. The molecule has 0 fully saturated rings. The van der Waals surface area contributed by atoms with Gasteiger partial charge in [-0.05, 0) is 19.9 Å². The zero-order chi connectivity index (χ0) is 18.7. The second-order valence-electron chi connectivity index (χ2n) is 5.83. The van der Waals surface area contributed by atoms with Crippen LogP contribution in [0.5, 0.6) is 0 Å². The lowest BCUT2D eigenvalue weighted by Gasteiger charge is -2.20. The molecule has 1 amide bonds. The number of nitrogens with zero attached hydrogens (tertiary/aromatic N) is 3. The first-order chi connectivity index (χ1) is 12.6. The summed E-state index contributed by atoms with van der Waals surface area (Å²) < 4.78 is 0. The van der Waals surface area contributed by atoms with Crippen LogP contribution in [0.1, 0.15) is 24.2 Å². The number of pyridine rings is 1. The highest BCUT2D eigenvalue weighted by Gasteiger charge is 2.22. The number of carbonyl (C=O) groups excluding carboxylic acids is 1. The number of para-hydroxylation sites is 1. The summed E-state index contributed by atoms with van der Waals surface area (Å²) in [6.45, 7) is 4.94. The number of rotatable bonds is 5. The Hall–Kier alpha value is -3.28. The molecule has 1 aromatic heterocycles. The molecule has 132 valence electrons. The Kier molecular flexibility index (Phi) is 4.93. The first kappa shape index (κ1) is 17.5. The summed E-state index contributed by atoms with van der Waals surface area (Å²) in [5.74, 6) is -0.153. The van der Waals surface area contributed by atoms with Gasteiger partial charge in [0, 0.05) is 30.1 Å². The van der Waals surface area contributed by atoms with Gasteiger partial charge in [-0.15, -0.1) is 0 Å². The number of hydrogen-bond donors (Lipinski definition) is 0. The SMILES string of the molecule is CCN(CC)C(=O)c1cc(-c2ccccc2)nc2c([N+](=O)[O-])cccc12. The van der Waals surface area contributed by atoms with Gasteiger partial charge < -0.3 is 4.90 Å². The number of non-ortho nitro benzene ring substituents is 1. The second-order valence-corrected chi connectivity index (χ2v) is 5.83. The molecule has 0 saturated carbocycles. The van der Waals surface area contributed by atoms with Crippen LogP contribution in [0.4, 0.5) is 5.69 Å². The van der Waals surface area contributed by atoms with Crippen molar-refractivity contribution < 1.29 is 9.72 Å². The van der Waals surface area contributed by atoms with Crippen LogP contribution in [0.25, 0.3) is 22.2 Å². The molecule has 0 aliphatic heterocycles. The van der Waals surface area contributed by atoms with E-state index in [4.69, 9.17) is 0 Å². The average Bonchev–Trinajstić information content (AvgIpc) is 2.68. The van der Waals surface area contributed by atoms with Crippen molar-refractivity contribution in [3.8, 4) is 11.3 Å². The normalized spacial score (nSPS) is 10.7. The molecule has 0 atom stereocenters. The monoisotopic (exact) mass is 349 g/mol.